The summed E-state index contributed by atoms with van der Waals surface area (Å²) in [6.07, 6.45) is 0. The van der Waals surface area contributed by atoms with Crippen LogP contribution < -0.4 is 0 Å². The lowest BCUT2D eigenvalue weighted by atomic mass is 9.96. The average molecular weight is 249 g/mol. The summed E-state index contributed by atoms with van der Waals surface area (Å²) >= 11 is 0. The van der Waals surface area contributed by atoms with Crippen molar-refractivity contribution in [2.75, 3.05) is 13.1 Å². The van der Waals surface area contributed by atoms with Gasteiger partial charge in [-0.1, -0.05) is 39.8 Å². The quantitative estimate of drug-likeness (QED) is 0.870. The topological polar surface area (TPSA) is 40.5 Å². The summed E-state index contributed by atoms with van der Waals surface area (Å²) in [7, 11) is 0. The molecule has 100 valence electrons. The lowest BCUT2D eigenvalue weighted by Crippen LogP contribution is -2.32. The number of hydrogen-bond donors (Lipinski definition) is 1. The zero-order valence-corrected chi connectivity index (χ0v) is 11.7. The van der Waals surface area contributed by atoms with E-state index in [1.165, 1.54) is 0 Å². The van der Waals surface area contributed by atoms with Crippen LogP contribution in [0, 0.1) is 5.41 Å². The highest BCUT2D eigenvalue weighted by Crippen LogP contribution is 2.17. The molecule has 0 aliphatic carbocycles. The van der Waals surface area contributed by atoms with E-state index in [2.05, 4.69) is 32.6 Å². The van der Waals surface area contributed by atoms with Gasteiger partial charge in [0.15, 0.2) is 0 Å². The van der Waals surface area contributed by atoms with Crippen molar-refractivity contribution in [1.82, 2.24) is 4.90 Å². The molecule has 0 saturated heterocycles. The Balaban J connectivity index is 2.67. The molecule has 1 rings (SSSR count). The van der Waals surface area contributed by atoms with E-state index in [0.29, 0.717) is 5.56 Å². The van der Waals surface area contributed by atoms with Crippen LogP contribution in [0.5, 0.6) is 0 Å². The third-order valence-electron chi connectivity index (χ3n) is 2.75. The van der Waals surface area contributed by atoms with Crippen LogP contribution in [0.1, 0.15) is 43.6 Å². The van der Waals surface area contributed by atoms with Crippen LogP contribution in [0.3, 0.4) is 0 Å². The molecule has 3 heteroatoms. The molecule has 0 fully saturated rings. The van der Waals surface area contributed by atoms with Crippen molar-refractivity contribution >= 4 is 5.97 Å². The molecule has 0 unspecified atom stereocenters. The fourth-order valence-electron chi connectivity index (χ4n) is 1.96. The number of carboxylic acids is 1. The third-order valence-corrected chi connectivity index (χ3v) is 2.75. The standard InChI is InChI=1S/C15H23NO2/c1-5-16(11-15(2,3)4)10-12-6-8-13(9-7-12)14(17)18/h6-9H,5,10-11H2,1-4H3,(H,17,18). The highest BCUT2D eigenvalue weighted by atomic mass is 16.4. The third kappa shape index (κ3) is 4.88. The van der Waals surface area contributed by atoms with Crippen LogP contribution in [-0.2, 0) is 6.54 Å². The Morgan fingerprint density at radius 1 is 1.22 bits per heavy atom. The number of aromatic carboxylic acids is 1. The van der Waals surface area contributed by atoms with Gasteiger partial charge in [-0.2, -0.15) is 0 Å². The Labute approximate surface area is 109 Å². The summed E-state index contributed by atoms with van der Waals surface area (Å²) in [5.74, 6) is -0.872. The molecular formula is C15H23NO2. The fraction of sp³-hybridized carbons (Fsp3) is 0.533. The molecule has 0 radical (unpaired) electrons. The molecule has 1 aromatic rings. The Bertz CT molecular complexity index is 390. The Morgan fingerprint density at radius 2 is 1.78 bits per heavy atom. The maximum Gasteiger partial charge on any atom is 0.335 e. The van der Waals surface area contributed by atoms with E-state index < -0.39 is 5.97 Å². The molecule has 0 aliphatic rings. The van der Waals surface area contributed by atoms with Gasteiger partial charge >= 0.3 is 5.97 Å². The predicted octanol–water partition coefficient (Wildman–Crippen LogP) is 3.25. The van der Waals surface area contributed by atoms with E-state index in [9.17, 15) is 4.79 Å². The van der Waals surface area contributed by atoms with Crippen molar-refractivity contribution in [3.8, 4) is 0 Å². The summed E-state index contributed by atoms with van der Waals surface area (Å²) in [4.78, 5) is 13.1. The van der Waals surface area contributed by atoms with Crippen LogP contribution in [0.4, 0.5) is 0 Å². The van der Waals surface area contributed by atoms with E-state index >= 15 is 0 Å². The monoisotopic (exact) mass is 249 g/mol. The van der Waals surface area contributed by atoms with E-state index in [1.807, 2.05) is 12.1 Å². The predicted molar refractivity (Wildman–Crippen MR) is 73.8 cm³/mol. The average Bonchev–Trinajstić information content (AvgIpc) is 2.27. The van der Waals surface area contributed by atoms with Crippen molar-refractivity contribution in [2.24, 2.45) is 5.41 Å². The highest BCUT2D eigenvalue weighted by molar-refractivity contribution is 5.87. The fourth-order valence-corrected chi connectivity index (χ4v) is 1.96. The molecule has 0 atom stereocenters. The summed E-state index contributed by atoms with van der Waals surface area (Å²) in [6, 6.07) is 7.13. The molecule has 3 nitrogen and oxygen atoms in total. The Morgan fingerprint density at radius 3 is 2.17 bits per heavy atom. The van der Waals surface area contributed by atoms with Gasteiger partial charge in [0.05, 0.1) is 5.56 Å². The minimum Gasteiger partial charge on any atom is -0.478 e. The van der Waals surface area contributed by atoms with Gasteiger partial charge in [0.25, 0.3) is 0 Å². The minimum atomic E-state index is -0.872. The lowest BCUT2D eigenvalue weighted by molar-refractivity contribution is 0.0697. The first-order chi connectivity index (χ1) is 8.31. The zero-order chi connectivity index (χ0) is 13.8. The molecule has 0 bridgehead atoms. The van der Waals surface area contributed by atoms with Crippen molar-refractivity contribution in [2.45, 2.75) is 34.2 Å². The normalized spacial score (nSPS) is 11.8. The SMILES string of the molecule is CCN(Cc1ccc(C(=O)O)cc1)CC(C)(C)C. The number of carbonyl (C=O) groups is 1. The van der Waals surface area contributed by atoms with Crippen molar-refractivity contribution in [3.05, 3.63) is 35.4 Å². The maximum absolute atomic E-state index is 10.8. The second kappa shape index (κ2) is 6.01. The summed E-state index contributed by atoms with van der Waals surface area (Å²) < 4.78 is 0. The van der Waals surface area contributed by atoms with Crippen LogP contribution in [0.25, 0.3) is 0 Å². The highest BCUT2D eigenvalue weighted by Gasteiger charge is 2.15. The summed E-state index contributed by atoms with van der Waals surface area (Å²) in [5, 5.41) is 8.85. The van der Waals surface area contributed by atoms with E-state index in [4.69, 9.17) is 5.11 Å². The van der Waals surface area contributed by atoms with Gasteiger partial charge in [0.1, 0.15) is 0 Å². The molecule has 0 aliphatic heterocycles. The van der Waals surface area contributed by atoms with E-state index in [-0.39, 0.29) is 5.41 Å². The van der Waals surface area contributed by atoms with Crippen LogP contribution in [-0.4, -0.2) is 29.1 Å². The summed E-state index contributed by atoms with van der Waals surface area (Å²) in [6.45, 7) is 11.7. The van der Waals surface area contributed by atoms with Gasteiger partial charge in [-0.3, -0.25) is 4.90 Å². The van der Waals surface area contributed by atoms with Crippen molar-refractivity contribution < 1.29 is 9.90 Å². The Hall–Kier alpha value is -1.35. The first-order valence-corrected chi connectivity index (χ1v) is 6.36. The number of carboxylic acid groups (broad SMARTS) is 1. The molecule has 1 aromatic carbocycles. The first-order valence-electron chi connectivity index (χ1n) is 6.36. The molecular weight excluding hydrogens is 226 g/mol. The van der Waals surface area contributed by atoms with Gasteiger partial charge in [0, 0.05) is 13.1 Å². The molecule has 0 amide bonds. The Kier molecular flexibility index (Phi) is 4.91. The van der Waals surface area contributed by atoms with Gasteiger partial charge < -0.3 is 5.11 Å². The second-order valence-corrected chi connectivity index (χ2v) is 5.87. The second-order valence-electron chi connectivity index (χ2n) is 5.87. The van der Waals surface area contributed by atoms with Crippen LogP contribution in [0.2, 0.25) is 0 Å². The molecule has 1 N–H and O–H groups in total. The minimum absolute atomic E-state index is 0.275. The van der Waals surface area contributed by atoms with Crippen LogP contribution in [0.15, 0.2) is 24.3 Å². The molecule has 18 heavy (non-hydrogen) atoms. The van der Waals surface area contributed by atoms with Crippen molar-refractivity contribution in [3.63, 3.8) is 0 Å². The largest absolute Gasteiger partial charge is 0.478 e. The zero-order valence-electron chi connectivity index (χ0n) is 11.7. The van der Waals surface area contributed by atoms with Gasteiger partial charge in [0.2, 0.25) is 0 Å². The van der Waals surface area contributed by atoms with Gasteiger partial charge in [-0.05, 0) is 29.7 Å². The first kappa shape index (κ1) is 14.7. The van der Waals surface area contributed by atoms with E-state index in [0.717, 1.165) is 25.2 Å². The van der Waals surface area contributed by atoms with Gasteiger partial charge in [-0.25, -0.2) is 4.79 Å². The number of hydrogen-bond acceptors (Lipinski definition) is 2. The van der Waals surface area contributed by atoms with E-state index in [1.54, 1.807) is 12.1 Å². The molecule has 0 heterocycles. The molecule has 0 saturated carbocycles. The lowest BCUT2D eigenvalue weighted by Gasteiger charge is -2.29. The summed E-state index contributed by atoms with van der Waals surface area (Å²) in [5.41, 5.74) is 1.78. The smallest absolute Gasteiger partial charge is 0.335 e. The van der Waals surface area contributed by atoms with Gasteiger partial charge in [-0.15, -0.1) is 0 Å². The number of nitrogens with zero attached hydrogens (tertiary/aromatic N) is 1. The van der Waals surface area contributed by atoms with Crippen molar-refractivity contribution in [1.29, 1.82) is 0 Å². The molecule has 0 spiro atoms. The maximum atomic E-state index is 10.8. The molecule has 0 aromatic heterocycles. The number of benzene rings is 1. The van der Waals surface area contributed by atoms with Crippen LogP contribution >= 0.6 is 0 Å². The number of rotatable bonds is 5.